The molecule has 3 heterocycles. The first kappa shape index (κ1) is 21.6. The molecule has 3 aliphatic rings. The highest BCUT2D eigenvalue weighted by Gasteiger charge is 2.42. The molecular formula is C20H30FIN4O2. The van der Waals surface area contributed by atoms with Gasteiger partial charge in [-0.05, 0) is 30.5 Å². The SMILES string of the molecule is CN=C(NCc1ccc(N2CCOCC2)c(F)c1)N1CCC2(CCOC2)C1.I. The molecule has 3 fully saturated rings. The summed E-state index contributed by atoms with van der Waals surface area (Å²) in [7, 11) is 1.81. The van der Waals surface area contributed by atoms with Gasteiger partial charge in [0.25, 0.3) is 0 Å². The van der Waals surface area contributed by atoms with Crippen LogP contribution in [0.4, 0.5) is 10.1 Å². The van der Waals surface area contributed by atoms with Gasteiger partial charge in [-0.15, -0.1) is 24.0 Å². The van der Waals surface area contributed by atoms with E-state index in [-0.39, 0.29) is 29.8 Å². The van der Waals surface area contributed by atoms with Crippen molar-refractivity contribution >= 4 is 35.6 Å². The zero-order chi connectivity index (χ0) is 18.7. The van der Waals surface area contributed by atoms with Gasteiger partial charge in [0.2, 0.25) is 0 Å². The van der Waals surface area contributed by atoms with Gasteiger partial charge in [0.15, 0.2) is 5.96 Å². The van der Waals surface area contributed by atoms with E-state index < -0.39 is 0 Å². The minimum Gasteiger partial charge on any atom is -0.381 e. The normalized spacial score (nSPS) is 25.3. The fourth-order valence-electron chi connectivity index (χ4n) is 4.32. The summed E-state index contributed by atoms with van der Waals surface area (Å²) in [5.74, 6) is 0.714. The van der Waals surface area contributed by atoms with Crippen LogP contribution in [0.25, 0.3) is 0 Å². The number of guanidine groups is 1. The molecular weight excluding hydrogens is 474 g/mol. The summed E-state index contributed by atoms with van der Waals surface area (Å²) < 4.78 is 25.5. The number of benzene rings is 1. The van der Waals surface area contributed by atoms with E-state index in [0.717, 1.165) is 63.8 Å². The Morgan fingerprint density at radius 2 is 2.00 bits per heavy atom. The maximum atomic E-state index is 14.6. The number of aliphatic imine (C=N–C) groups is 1. The van der Waals surface area contributed by atoms with Gasteiger partial charge >= 0.3 is 0 Å². The Bertz CT molecular complexity index is 691. The molecule has 1 unspecified atom stereocenters. The number of nitrogens with one attached hydrogen (secondary N) is 1. The topological polar surface area (TPSA) is 49.3 Å². The number of morpholine rings is 1. The zero-order valence-corrected chi connectivity index (χ0v) is 18.8. The van der Waals surface area contributed by atoms with Gasteiger partial charge in [0.05, 0.1) is 25.5 Å². The molecule has 1 spiro atoms. The molecule has 28 heavy (non-hydrogen) atoms. The second-order valence-corrected chi connectivity index (χ2v) is 7.76. The van der Waals surface area contributed by atoms with Crippen molar-refractivity contribution < 1.29 is 13.9 Å². The van der Waals surface area contributed by atoms with Gasteiger partial charge in [-0.1, -0.05) is 6.07 Å². The van der Waals surface area contributed by atoms with E-state index in [1.807, 2.05) is 17.0 Å². The van der Waals surface area contributed by atoms with Crippen LogP contribution < -0.4 is 10.2 Å². The molecule has 1 aromatic rings. The van der Waals surface area contributed by atoms with Crippen LogP contribution in [-0.2, 0) is 16.0 Å². The third-order valence-electron chi connectivity index (χ3n) is 5.95. The maximum absolute atomic E-state index is 14.6. The average Bonchev–Trinajstić information content (AvgIpc) is 3.33. The molecule has 6 nitrogen and oxygen atoms in total. The van der Waals surface area contributed by atoms with E-state index >= 15 is 0 Å². The van der Waals surface area contributed by atoms with E-state index in [1.165, 1.54) is 0 Å². The van der Waals surface area contributed by atoms with Crippen LogP contribution in [0.5, 0.6) is 0 Å². The molecule has 1 atom stereocenters. The minimum absolute atomic E-state index is 0. The molecule has 0 aromatic heterocycles. The smallest absolute Gasteiger partial charge is 0.193 e. The monoisotopic (exact) mass is 504 g/mol. The highest BCUT2D eigenvalue weighted by atomic mass is 127. The molecule has 0 saturated carbocycles. The van der Waals surface area contributed by atoms with Crippen molar-refractivity contribution in [3.63, 3.8) is 0 Å². The van der Waals surface area contributed by atoms with Crippen LogP contribution in [0.15, 0.2) is 23.2 Å². The molecule has 0 aliphatic carbocycles. The predicted octanol–water partition coefficient (Wildman–Crippen LogP) is 2.47. The molecule has 1 N–H and O–H groups in total. The molecule has 0 amide bonds. The second kappa shape index (κ2) is 9.58. The molecule has 3 saturated heterocycles. The number of rotatable bonds is 3. The Morgan fingerprint density at radius 3 is 2.68 bits per heavy atom. The van der Waals surface area contributed by atoms with Crippen molar-refractivity contribution in [3.8, 4) is 0 Å². The number of likely N-dealkylation sites (tertiary alicyclic amines) is 1. The van der Waals surface area contributed by atoms with Crippen molar-refractivity contribution in [2.75, 3.05) is 64.6 Å². The highest BCUT2D eigenvalue weighted by molar-refractivity contribution is 14.0. The third-order valence-corrected chi connectivity index (χ3v) is 5.95. The number of nitrogens with zero attached hydrogens (tertiary/aromatic N) is 3. The number of halogens is 2. The predicted molar refractivity (Wildman–Crippen MR) is 119 cm³/mol. The van der Waals surface area contributed by atoms with E-state index in [4.69, 9.17) is 9.47 Å². The summed E-state index contributed by atoms with van der Waals surface area (Å²) in [6.45, 7) is 7.05. The summed E-state index contributed by atoms with van der Waals surface area (Å²) in [6, 6.07) is 5.49. The molecule has 4 rings (SSSR count). The lowest BCUT2D eigenvalue weighted by Crippen LogP contribution is -2.41. The Balaban J connectivity index is 0.00000225. The van der Waals surface area contributed by atoms with Crippen LogP contribution in [-0.4, -0.2) is 70.5 Å². The Morgan fingerprint density at radius 1 is 1.18 bits per heavy atom. The first-order chi connectivity index (χ1) is 13.2. The lowest BCUT2D eigenvalue weighted by atomic mass is 9.87. The fraction of sp³-hybridized carbons (Fsp3) is 0.650. The van der Waals surface area contributed by atoms with E-state index in [1.54, 1.807) is 13.1 Å². The second-order valence-electron chi connectivity index (χ2n) is 7.76. The van der Waals surface area contributed by atoms with E-state index in [2.05, 4.69) is 15.2 Å². The number of ether oxygens (including phenoxy) is 2. The highest BCUT2D eigenvalue weighted by Crippen LogP contribution is 2.38. The van der Waals surface area contributed by atoms with Crippen molar-refractivity contribution in [2.24, 2.45) is 10.4 Å². The average molecular weight is 504 g/mol. The van der Waals surface area contributed by atoms with Crippen molar-refractivity contribution in [3.05, 3.63) is 29.6 Å². The van der Waals surface area contributed by atoms with Crippen molar-refractivity contribution in [2.45, 2.75) is 19.4 Å². The summed E-state index contributed by atoms with van der Waals surface area (Å²) in [4.78, 5) is 8.77. The zero-order valence-electron chi connectivity index (χ0n) is 16.5. The largest absolute Gasteiger partial charge is 0.381 e. The van der Waals surface area contributed by atoms with E-state index in [0.29, 0.717) is 30.9 Å². The number of anilines is 1. The molecule has 0 bridgehead atoms. The minimum atomic E-state index is -0.172. The fourth-order valence-corrected chi connectivity index (χ4v) is 4.32. The van der Waals surface area contributed by atoms with Gasteiger partial charge in [-0.25, -0.2) is 4.39 Å². The van der Waals surface area contributed by atoms with E-state index in [9.17, 15) is 4.39 Å². The van der Waals surface area contributed by atoms with Crippen LogP contribution >= 0.6 is 24.0 Å². The van der Waals surface area contributed by atoms with Crippen molar-refractivity contribution in [1.82, 2.24) is 10.2 Å². The Labute approximate surface area is 183 Å². The number of hydrogen-bond acceptors (Lipinski definition) is 4. The first-order valence-corrected chi connectivity index (χ1v) is 9.84. The van der Waals surface area contributed by atoms with Crippen LogP contribution in [0.3, 0.4) is 0 Å². The standard InChI is InChI=1S/C20H29FN4O2.HI/c1-22-19(25-6-4-20(14-25)5-9-27-15-20)23-13-16-2-3-18(17(21)12-16)24-7-10-26-11-8-24;/h2-3,12H,4-11,13-15H2,1H3,(H,22,23);1H. The molecule has 0 radical (unpaired) electrons. The summed E-state index contributed by atoms with van der Waals surface area (Å²) in [5, 5.41) is 3.40. The summed E-state index contributed by atoms with van der Waals surface area (Å²) in [6.07, 6.45) is 2.28. The lowest BCUT2D eigenvalue weighted by Gasteiger charge is -2.29. The summed E-state index contributed by atoms with van der Waals surface area (Å²) in [5.41, 5.74) is 1.88. The van der Waals surface area contributed by atoms with Gasteiger partial charge < -0.3 is 24.6 Å². The van der Waals surface area contributed by atoms with Crippen LogP contribution in [0, 0.1) is 11.2 Å². The third kappa shape index (κ3) is 4.71. The number of hydrogen-bond donors (Lipinski definition) is 1. The van der Waals surface area contributed by atoms with Gasteiger partial charge in [-0.2, -0.15) is 0 Å². The molecule has 156 valence electrons. The quantitative estimate of drug-likeness (QED) is 0.390. The molecule has 1 aromatic carbocycles. The Kier molecular flexibility index (Phi) is 7.38. The Hall–Kier alpha value is -1.13. The van der Waals surface area contributed by atoms with Gasteiger partial charge in [-0.3, -0.25) is 4.99 Å². The lowest BCUT2D eigenvalue weighted by molar-refractivity contribution is 0.122. The van der Waals surface area contributed by atoms with Crippen LogP contribution in [0.1, 0.15) is 18.4 Å². The van der Waals surface area contributed by atoms with Gasteiger partial charge in [0.1, 0.15) is 5.82 Å². The summed E-state index contributed by atoms with van der Waals surface area (Å²) >= 11 is 0. The molecule has 8 heteroatoms. The van der Waals surface area contributed by atoms with Gasteiger partial charge in [0, 0.05) is 51.8 Å². The van der Waals surface area contributed by atoms with Crippen molar-refractivity contribution in [1.29, 1.82) is 0 Å². The first-order valence-electron chi connectivity index (χ1n) is 9.84. The molecule has 3 aliphatic heterocycles. The maximum Gasteiger partial charge on any atom is 0.193 e. The van der Waals surface area contributed by atoms with Crippen LogP contribution in [0.2, 0.25) is 0 Å².